The molecule has 0 spiro atoms. The number of benzene rings is 1. The molecule has 0 amide bonds. The lowest BCUT2D eigenvalue weighted by Gasteiger charge is -2.00. The van der Waals surface area contributed by atoms with Crippen LogP contribution in [0, 0.1) is 33.1 Å². The first-order valence-corrected chi connectivity index (χ1v) is 4.14. The van der Waals surface area contributed by atoms with Gasteiger partial charge in [-0.3, -0.25) is 0 Å². The Bertz CT molecular complexity index is 405. The summed E-state index contributed by atoms with van der Waals surface area (Å²) in [5.41, 5.74) is -1.01. The molecule has 5 heteroatoms. The molecule has 0 aromatic heterocycles. The first kappa shape index (κ1) is 9.87. The van der Waals surface area contributed by atoms with E-state index in [0.29, 0.717) is 0 Å². The predicted octanol–water partition coefficient (Wildman–Crippen LogP) is 2.99. The Hall–Kier alpha value is -1.21. The molecule has 0 atom stereocenters. The minimum atomic E-state index is -1.08. The third kappa shape index (κ3) is 1.61. The van der Waals surface area contributed by atoms with Crippen molar-refractivity contribution in [2.75, 3.05) is 0 Å². The summed E-state index contributed by atoms with van der Waals surface area (Å²) in [6.07, 6.45) is 0. The molecule has 0 N–H and O–H groups in total. The Kier molecular flexibility index (Phi) is 2.79. The Labute approximate surface area is 86.7 Å². The van der Waals surface area contributed by atoms with E-state index in [0.717, 1.165) is 6.07 Å². The molecule has 1 aromatic carbocycles. The molecule has 0 unspecified atom stereocenters. The van der Waals surface area contributed by atoms with Crippen LogP contribution in [0.5, 0.6) is 0 Å². The summed E-state index contributed by atoms with van der Waals surface area (Å²) in [5, 5.41) is 8.49. The fraction of sp³-hybridized carbons (Fsp3) is 0. The quantitative estimate of drug-likeness (QED) is 0.533. The van der Waals surface area contributed by atoms with Crippen molar-refractivity contribution in [3.05, 3.63) is 38.3 Å². The van der Waals surface area contributed by atoms with Gasteiger partial charge in [0, 0.05) is 3.57 Å². The van der Waals surface area contributed by atoms with E-state index in [-0.39, 0.29) is 9.13 Å². The molecule has 0 heterocycles. The summed E-state index contributed by atoms with van der Waals surface area (Å²) in [7, 11) is 0. The summed E-state index contributed by atoms with van der Waals surface area (Å²) >= 11 is 1.64. The van der Waals surface area contributed by atoms with Crippen LogP contribution in [-0.2, 0) is 0 Å². The van der Waals surface area contributed by atoms with Gasteiger partial charge in [0.2, 0.25) is 0 Å². The number of nitriles is 1. The third-order valence-electron chi connectivity index (χ3n) is 1.37. The minimum absolute atomic E-state index is 0.169. The van der Waals surface area contributed by atoms with E-state index in [1.54, 1.807) is 28.7 Å². The molecule has 2 nitrogen and oxygen atoms in total. The summed E-state index contributed by atoms with van der Waals surface area (Å²) in [6, 6.07) is 2.54. The van der Waals surface area contributed by atoms with Crippen molar-refractivity contribution in [2.45, 2.75) is 0 Å². The van der Waals surface area contributed by atoms with Crippen LogP contribution < -0.4 is 0 Å². The average Bonchev–Trinajstić information content (AvgIpc) is 2.04. The Morgan fingerprint density at radius 1 is 1.54 bits per heavy atom. The molecule has 1 aromatic rings. The Morgan fingerprint density at radius 3 is 2.62 bits per heavy atom. The summed E-state index contributed by atoms with van der Waals surface area (Å²) < 4.78 is 26.1. The minimum Gasteiger partial charge on any atom is -0.232 e. The number of halogens is 3. The molecule has 0 aliphatic heterocycles. The zero-order valence-corrected chi connectivity index (χ0v) is 8.26. The number of rotatable bonds is 0. The van der Waals surface area contributed by atoms with Crippen LogP contribution in [0.15, 0.2) is 6.07 Å². The lowest BCUT2D eigenvalue weighted by atomic mass is 10.2. The Balaban J connectivity index is 3.63. The molecule has 0 aliphatic rings. The maximum atomic E-state index is 13.1. The fourth-order valence-electron chi connectivity index (χ4n) is 0.785. The van der Waals surface area contributed by atoms with Crippen molar-refractivity contribution < 1.29 is 8.78 Å². The Morgan fingerprint density at radius 2 is 2.15 bits per heavy atom. The van der Waals surface area contributed by atoms with Gasteiger partial charge in [-0.1, -0.05) is 0 Å². The lowest BCUT2D eigenvalue weighted by Crippen LogP contribution is -1.91. The van der Waals surface area contributed by atoms with Gasteiger partial charge in [0.05, 0.1) is 12.1 Å². The van der Waals surface area contributed by atoms with Crippen LogP contribution in [0.2, 0.25) is 0 Å². The van der Waals surface area contributed by atoms with Crippen LogP contribution in [0.25, 0.3) is 4.85 Å². The molecule has 0 radical (unpaired) electrons. The van der Waals surface area contributed by atoms with Crippen LogP contribution in [0.1, 0.15) is 5.56 Å². The average molecular weight is 290 g/mol. The maximum absolute atomic E-state index is 13.1. The van der Waals surface area contributed by atoms with Crippen LogP contribution in [-0.4, -0.2) is 0 Å². The first-order chi connectivity index (χ1) is 6.11. The van der Waals surface area contributed by atoms with Crippen molar-refractivity contribution >= 4 is 28.3 Å². The molecule has 0 saturated heterocycles. The second-order valence-corrected chi connectivity index (χ2v) is 3.26. The zero-order valence-electron chi connectivity index (χ0n) is 6.11. The van der Waals surface area contributed by atoms with E-state index in [1.165, 1.54) is 0 Å². The van der Waals surface area contributed by atoms with Crippen LogP contribution in [0.4, 0.5) is 14.5 Å². The SMILES string of the molecule is [C-]#[N+]c1c(F)cc(I)c(C#N)c1F. The van der Waals surface area contributed by atoms with E-state index < -0.39 is 17.3 Å². The first-order valence-electron chi connectivity index (χ1n) is 3.07. The van der Waals surface area contributed by atoms with Gasteiger partial charge >= 0.3 is 0 Å². The normalized spacial score (nSPS) is 9.00. The van der Waals surface area contributed by atoms with E-state index in [1.807, 2.05) is 0 Å². The number of nitrogens with zero attached hydrogens (tertiary/aromatic N) is 2. The molecule has 0 fully saturated rings. The zero-order chi connectivity index (χ0) is 10.0. The largest absolute Gasteiger partial charge is 0.258 e. The van der Waals surface area contributed by atoms with Crippen molar-refractivity contribution in [1.82, 2.24) is 0 Å². The van der Waals surface area contributed by atoms with Gasteiger partial charge in [-0.05, 0) is 28.7 Å². The van der Waals surface area contributed by atoms with E-state index in [2.05, 4.69) is 4.85 Å². The van der Waals surface area contributed by atoms with Crippen molar-refractivity contribution in [3.63, 3.8) is 0 Å². The number of hydrogen-bond donors (Lipinski definition) is 0. The molecular formula is C8HF2IN2. The van der Waals surface area contributed by atoms with Crippen LogP contribution in [0.3, 0.4) is 0 Å². The maximum Gasteiger partial charge on any atom is 0.258 e. The smallest absolute Gasteiger partial charge is 0.232 e. The molecular weight excluding hydrogens is 289 g/mol. The van der Waals surface area contributed by atoms with E-state index in [4.69, 9.17) is 11.8 Å². The van der Waals surface area contributed by atoms with Crippen molar-refractivity contribution in [2.24, 2.45) is 0 Å². The van der Waals surface area contributed by atoms with E-state index in [9.17, 15) is 8.78 Å². The highest BCUT2D eigenvalue weighted by atomic mass is 127. The monoisotopic (exact) mass is 290 g/mol. The molecule has 13 heavy (non-hydrogen) atoms. The molecule has 1 rings (SSSR count). The number of hydrogen-bond acceptors (Lipinski definition) is 1. The highest BCUT2D eigenvalue weighted by Crippen LogP contribution is 2.28. The van der Waals surface area contributed by atoms with Gasteiger partial charge in [-0.25, -0.2) is 13.6 Å². The van der Waals surface area contributed by atoms with Gasteiger partial charge in [-0.15, -0.1) is 0 Å². The standard InChI is InChI=1S/C8HF2IN2/c1-13-8-5(9)2-6(11)4(3-12)7(8)10/h2H. The van der Waals surface area contributed by atoms with Gasteiger partial charge < -0.3 is 0 Å². The van der Waals surface area contributed by atoms with Crippen LogP contribution >= 0.6 is 22.6 Å². The second kappa shape index (κ2) is 3.67. The van der Waals surface area contributed by atoms with E-state index >= 15 is 0 Å². The van der Waals surface area contributed by atoms with Crippen molar-refractivity contribution in [3.8, 4) is 6.07 Å². The third-order valence-corrected chi connectivity index (χ3v) is 2.22. The highest BCUT2D eigenvalue weighted by Gasteiger charge is 2.16. The van der Waals surface area contributed by atoms with Crippen molar-refractivity contribution in [1.29, 1.82) is 5.26 Å². The fourth-order valence-corrected chi connectivity index (χ4v) is 1.42. The molecule has 0 bridgehead atoms. The predicted molar refractivity (Wildman–Crippen MR) is 50.1 cm³/mol. The second-order valence-electron chi connectivity index (χ2n) is 2.10. The molecule has 64 valence electrons. The van der Waals surface area contributed by atoms with Gasteiger partial charge in [0.15, 0.2) is 5.82 Å². The summed E-state index contributed by atoms with van der Waals surface area (Å²) in [6.45, 7) is 6.50. The highest BCUT2D eigenvalue weighted by molar-refractivity contribution is 14.1. The van der Waals surface area contributed by atoms with Gasteiger partial charge in [-0.2, -0.15) is 5.26 Å². The lowest BCUT2D eigenvalue weighted by molar-refractivity contribution is 0.589. The molecule has 0 saturated carbocycles. The van der Waals surface area contributed by atoms with Gasteiger partial charge in [0.1, 0.15) is 11.9 Å². The van der Waals surface area contributed by atoms with Gasteiger partial charge in [0.25, 0.3) is 5.69 Å². The summed E-state index contributed by atoms with van der Waals surface area (Å²) in [4.78, 5) is 2.66. The summed E-state index contributed by atoms with van der Waals surface area (Å²) in [5.74, 6) is -2.02. The molecule has 0 aliphatic carbocycles. The topological polar surface area (TPSA) is 28.1 Å².